The van der Waals surface area contributed by atoms with E-state index in [1.54, 1.807) is 7.11 Å². The van der Waals surface area contributed by atoms with Crippen molar-refractivity contribution in [2.24, 2.45) is 0 Å². The number of carbonyl (C=O) groups excluding carboxylic acids is 1. The quantitative estimate of drug-likeness (QED) is 0.616. The molecule has 0 fully saturated rings. The zero-order valence-electron chi connectivity index (χ0n) is 11.3. The number of hydrogen-bond acceptors (Lipinski definition) is 2. The lowest BCUT2D eigenvalue weighted by Gasteiger charge is -2.12. The number of ether oxygens (including phenoxy) is 1. The Hall–Kier alpha value is -2.35. The Kier molecular flexibility index (Phi) is 2.34. The van der Waals surface area contributed by atoms with Crippen LogP contribution < -0.4 is 4.74 Å². The van der Waals surface area contributed by atoms with Gasteiger partial charge in [0.15, 0.2) is 5.78 Å². The molecule has 20 heavy (non-hydrogen) atoms. The van der Waals surface area contributed by atoms with Crippen LogP contribution in [-0.2, 0) is 6.42 Å². The Labute approximate surface area is 117 Å². The standard InChI is InChI=1S/C18H14O2/c1-20-18-10-16-12(11-4-2-3-5-15(11)18)6-7-14-13(16)8-9-17(14)19/h2-7,10H,8-9H2,1H3. The van der Waals surface area contributed by atoms with E-state index >= 15 is 0 Å². The molecule has 98 valence electrons. The second kappa shape index (κ2) is 4.07. The van der Waals surface area contributed by atoms with E-state index in [9.17, 15) is 4.79 Å². The molecule has 3 aromatic carbocycles. The van der Waals surface area contributed by atoms with E-state index in [0.717, 1.165) is 28.5 Å². The van der Waals surface area contributed by atoms with Gasteiger partial charge in [-0.15, -0.1) is 0 Å². The lowest BCUT2D eigenvalue weighted by Crippen LogP contribution is -1.93. The summed E-state index contributed by atoms with van der Waals surface area (Å²) in [6.45, 7) is 0. The fraction of sp³-hybridized carbons (Fsp3) is 0.167. The summed E-state index contributed by atoms with van der Waals surface area (Å²) in [5.74, 6) is 1.13. The average molecular weight is 262 g/mol. The van der Waals surface area contributed by atoms with Gasteiger partial charge in [0.05, 0.1) is 7.11 Å². The van der Waals surface area contributed by atoms with Crippen LogP contribution in [-0.4, -0.2) is 12.9 Å². The van der Waals surface area contributed by atoms with Gasteiger partial charge in [0.25, 0.3) is 0 Å². The van der Waals surface area contributed by atoms with E-state index in [0.29, 0.717) is 6.42 Å². The van der Waals surface area contributed by atoms with Crippen molar-refractivity contribution in [2.75, 3.05) is 7.11 Å². The van der Waals surface area contributed by atoms with Crippen LogP contribution in [0.25, 0.3) is 21.5 Å². The van der Waals surface area contributed by atoms with Crippen LogP contribution in [0.4, 0.5) is 0 Å². The Morgan fingerprint density at radius 2 is 1.65 bits per heavy atom. The fourth-order valence-corrected chi connectivity index (χ4v) is 3.28. The summed E-state index contributed by atoms with van der Waals surface area (Å²) in [5, 5.41) is 4.66. The van der Waals surface area contributed by atoms with Gasteiger partial charge < -0.3 is 4.74 Å². The molecular formula is C18H14O2. The molecule has 1 aliphatic carbocycles. The van der Waals surface area contributed by atoms with Crippen molar-refractivity contribution in [3.63, 3.8) is 0 Å². The summed E-state index contributed by atoms with van der Waals surface area (Å²) < 4.78 is 5.54. The lowest BCUT2D eigenvalue weighted by molar-refractivity contribution is 0.0994. The highest BCUT2D eigenvalue weighted by atomic mass is 16.5. The maximum absolute atomic E-state index is 11.9. The van der Waals surface area contributed by atoms with E-state index in [2.05, 4.69) is 24.3 Å². The third-order valence-electron chi connectivity index (χ3n) is 4.24. The zero-order valence-corrected chi connectivity index (χ0v) is 11.3. The molecule has 2 nitrogen and oxygen atoms in total. The van der Waals surface area contributed by atoms with Crippen molar-refractivity contribution in [1.82, 2.24) is 0 Å². The highest BCUT2D eigenvalue weighted by Gasteiger charge is 2.22. The number of carbonyl (C=O) groups is 1. The van der Waals surface area contributed by atoms with Crippen molar-refractivity contribution in [3.05, 3.63) is 53.6 Å². The summed E-state index contributed by atoms with van der Waals surface area (Å²) >= 11 is 0. The Morgan fingerprint density at radius 3 is 2.45 bits per heavy atom. The smallest absolute Gasteiger partial charge is 0.163 e. The van der Waals surface area contributed by atoms with Crippen LogP contribution in [0.1, 0.15) is 22.3 Å². The van der Waals surface area contributed by atoms with Crippen LogP contribution >= 0.6 is 0 Å². The van der Waals surface area contributed by atoms with Gasteiger partial charge in [-0.3, -0.25) is 4.79 Å². The Bertz CT molecular complexity index is 862. The number of aryl methyl sites for hydroxylation is 1. The maximum Gasteiger partial charge on any atom is 0.163 e. The molecule has 2 heteroatoms. The molecule has 0 heterocycles. The zero-order chi connectivity index (χ0) is 13.7. The number of fused-ring (bicyclic) bond motifs is 5. The topological polar surface area (TPSA) is 26.3 Å². The molecule has 1 aliphatic rings. The third-order valence-corrected chi connectivity index (χ3v) is 4.24. The number of benzene rings is 3. The summed E-state index contributed by atoms with van der Waals surface area (Å²) in [6, 6.07) is 14.4. The summed E-state index contributed by atoms with van der Waals surface area (Å²) in [4.78, 5) is 11.9. The third kappa shape index (κ3) is 1.42. The first-order chi connectivity index (χ1) is 9.79. The summed E-state index contributed by atoms with van der Waals surface area (Å²) in [5.41, 5.74) is 2.06. The molecule has 0 N–H and O–H groups in total. The summed E-state index contributed by atoms with van der Waals surface area (Å²) in [7, 11) is 1.70. The minimum Gasteiger partial charge on any atom is -0.496 e. The minimum absolute atomic E-state index is 0.258. The molecule has 0 bridgehead atoms. The van der Waals surface area contributed by atoms with Crippen LogP contribution in [0.15, 0.2) is 42.5 Å². The highest BCUT2D eigenvalue weighted by molar-refractivity contribution is 6.14. The lowest BCUT2D eigenvalue weighted by atomic mass is 9.95. The van der Waals surface area contributed by atoms with Crippen molar-refractivity contribution in [1.29, 1.82) is 0 Å². The van der Waals surface area contributed by atoms with Crippen molar-refractivity contribution in [2.45, 2.75) is 12.8 Å². The predicted molar refractivity (Wildman–Crippen MR) is 80.7 cm³/mol. The molecule has 0 saturated heterocycles. The highest BCUT2D eigenvalue weighted by Crippen LogP contribution is 2.38. The van der Waals surface area contributed by atoms with Crippen LogP contribution in [0.2, 0.25) is 0 Å². The first kappa shape index (κ1) is 11.5. The Morgan fingerprint density at radius 1 is 0.900 bits per heavy atom. The van der Waals surface area contributed by atoms with Gasteiger partial charge in [0, 0.05) is 17.4 Å². The van der Waals surface area contributed by atoms with Gasteiger partial charge in [0.2, 0.25) is 0 Å². The van der Waals surface area contributed by atoms with Crippen LogP contribution in [0.5, 0.6) is 5.75 Å². The van der Waals surface area contributed by atoms with Crippen LogP contribution in [0.3, 0.4) is 0 Å². The first-order valence-electron chi connectivity index (χ1n) is 6.84. The molecule has 3 aromatic rings. The van der Waals surface area contributed by atoms with E-state index in [-0.39, 0.29) is 5.78 Å². The van der Waals surface area contributed by atoms with Crippen molar-refractivity contribution >= 4 is 27.3 Å². The molecule has 0 amide bonds. The van der Waals surface area contributed by atoms with E-state index in [4.69, 9.17) is 4.74 Å². The van der Waals surface area contributed by atoms with Crippen LogP contribution in [0, 0.1) is 0 Å². The molecule has 0 spiro atoms. The van der Waals surface area contributed by atoms with E-state index in [1.165, 1.54) is 16.3 Å². The van der Waals surface area contributed by atoms with Gasteiger partial charge in [-0.05, 0) is 34.2 Å². The van der Waals surface area contributed by atoms with Gasteiger partial charge in [-0.25, -0.2) is 0 Å². The van der Waals surface area contributed by atoms with Gasteiger partial charge >= 0.3 is 0 Å². The molecular weight excluding hydrogens is 248 g/mol. The number of ketones is 1. The van der Waals surface area contributed by atoms with Gasteiger partial charge in [-0.1, -0.05) is 36.4 Å². The maximum atomic E-state index is 11.9. The molecule has 0 saturated carbocycles. The summed E-state index contributed by atoms with van der Waals surface area (Å²) in [6.07, 6.45) is 1.47. The first-order valence-corrected chi connectivity index (χ1v) is 6.84. The van der Waals surface area contributed by atoms with Crippen molar-refractivity contribution in [3.8, 4) is 5.75 Å². The largest absolute Gasteiger partial charge is 0.496 e. The number of methoxy groups -OCH3 is 1. The molecule has 0 radical (unpaired) electrons. The second-order valence-electron chi connectivity index (χ2n) is 5.23. The molecule has 0 aliphatic heterocycles. The number of rotatable bonds is 1. The van der Waals surface area contributed by atoms with Gasteiger partial charge in [-0.2, -0.15) is 0 Å². The average Bonchev–Trinajstić information content (AvgIpc) is 2.88. The molecule has 0 atom stereocenters. The predicted octanol–water partition coefficient (Wildman–Crippen LogP) is 4.13. The minimum atomic E-state index is 0.258. The number of Topliss-reactive ketones (excluding diaryl/α,β-unsaturated/α-hetero) is 1. The number of hydrogen-bond donors (Lipinski definition) is 0. The fourth-order valence-electron chi connectivity index (χ4n) is 3.28. The van der Waals surface area contributed by atoms with E-state index in [1.807, 2.05) is 18.2 Å². The molecule has 4 rings (SSSR count). The second-order valence-corrected chi connectivity index (χ2v) is 5.23. The SMILES string of the molecule is COc1cc2c3c(ccc2c2ccccc12)C(=O)CC3. The molecule has 0 unspecified atom stereocenters. The van der Waals surface area contributed by atoms with E-state index < -0.39 is 0 Å². The Balaban J connectivity index is 2.21. The monoisotopic (exact) mass is 262 g/mol. The molecule has 0 aromatic heterocycles. The van der Waals surface area contributed by atoms with Gasteiger partial charge in [0.1, 0.15) is 5.75 Å². The van der Waals surface area contributed by atoms with Crippen molar-refractivity contribution < 1.29 is 9.53 Å². The normalized spacial score (nSPS) is 13.9.